The molecule has 3 heterocycles. The zero-order chi connectivity index (χ0) is 21.6. The fourth-order valence-corrected chi connectivity index (χ4v) is 3.61. The number of carbonyl (C=O) groups excluding carboxylic acids is 2. The third-order valence-electron chi connectivity index (χ3n) is 5.19. The van der Waals surface area contributed by atoms with Crippen LogP contribution in [0.5, 0.6) is 5.75 Å². The number of ether oxygens (including phenoxy) is 1. The van der Waals surface area contributed by atoms with Crippen molar-refractivity contribution in [3.63, 3.8) is 0 Å². The summed E-state index contributed by atoms with van der Waals surface area (Å²) >= 11 is 0. The Morgan fingerprint density at radius 1 is 1.00 bits per heavy atom. The van der Waals surface area contributed by atoms with Gasteiger partial charge in [0.25, 0.3) is 5.91 Å². The highest BCUT2D eigenvalue weighted by Gasteiger charge is 2.31. The third-order valence-corrected chi connectivity index (χ3v) is 5.19. The van der Waals surface area contributed by atoms with E-state index in [1.54, 1.807) is 41.5 Å². The normalized spacial score (nSPS) is 15.2. The SMILES string of the molecule is CC1Oc2ccccc2N(CCC(=O)N(Cc2ccncc2)Cc2cccnc2)C1=O. The van der Waals surface area contributed by atoms with Crippen LogP contribution in [-0.4, -0.2) is 39.3 Å². The van der Waals surface area contributed by atoms with Gasteiger partial charge in [0, 0.05) is 50.8 Å². The Kier molecular flexibility index (Phi) is 6.21. The monoisotopic (exact) mass is 416 g/mol. The molecule has 1 aliphatic heterocycles. The Bertz CT molecular complexity index is 1000. The van der Waals surface area contributed by atoms with Gasteiger partial charge in [0.05, 0.1) is 5.69 Å². The summed E-state index contributed by atoms with van der Waals surface area (Å²) in [7, 11) is 0. The molecule has 2 aromatic heterocycles. The highest BCUT2D eigenvalue weighted by atomic mass is 16.5. The average molecular weight is 416 g/mol. The van der Waals surface area contributed by atoms with E-state index in [1.165, 1.54) is 0 Å². The smallest absolute Gasteiger partial charge is 0.267 e. The molecule has 0 spiro atoms. The lowest BCUT2D eigenvalue weighted by Crippen LogP contribution is -2.46. The molecule has 0 saturated carbocycles. The predicted octanol–water partition coefficient (Wildman–Crippen LogP) is 3.21. The third kappa shape index (κ3) is 4.88. The summed E-state index contributed by atoms with van der Waals surface area (Å²) < 4.78 is 5.69. The zero-order valence-electron chi connectivity index (χ0n) is 17.3. The van der Waals surface area contributed by atoms with Crippen molar-refractivity contribution in [1.29, 1.82) is 0 Å². The Hall–Kier alpha value is -3.74. The van der Waals surface area contributed by atoms with Gasteiger partial charge in [0.1, 0.15) is 5.75 Å². The van der Waals surface area contributed by atoms with Gasteiger partial charge >= 0.3 is 0 Å². The van der Waals surface area contributed by atoms with Crippen molar-refractivity contribution >= 4 is 17.5 Å². The van der Waals surface area contributed by atoms with Gasteiger partial charge in [-0.25, -0.2) is 0 Å². The number of rotatable bonds is 7. The maximum absolute atomic E-state index is 13.2. The molecule has 1 unspecified atom stereocenters. The van der Waals surface area contributed by atoms with Gasteiger partial charge in [-0.05, 0) is 48.4 Å². The standard InChI is InChI=1S/C24H24N4O3/c1-18-24(30)28(21-6-2-3-7-22(21)31-18)14-10-23(29)27(16-19-8-12-25-13-9-19)17-20-5-4-11-26-15-20/h2-9,11-13,15,18H,10,14,16-17H2,1H3. The summed E-state index contributed by atoms with van der Waals surface area (Å²) in [5.41, 5.74) is 2.64. The molecule has 0 bridgehead atoms. The average Bonchev–Trinajstić information content (AvgIpc) is 2.80. The number of hydrogen-bond acceptors (Lipinski definition) is 5. The maximum Gasteiger partial charge on any atom is 0.267 e. The van der Waals surface area contributed by atoms with Gasteiger partial charge in [-0.1, -0.05) is 18.2 Å². The molecule has 0 fully saturated rings. The maximum atomic E-state index is 13.2. The van der Waals surface area contributed by atoms with Crippen molar-refractivity contribution in [1.82, 2.24) is 14.9 Å². The molecule has 2 amide bonds. The van der Waals surface area contributed by atoms with E-state index in [0.717, 1.165) is 11.1 Å². The second-order valence-electron chi connectivity index (χ2n) is 7.43. The second kappa shape index (κ2) is 9.38. The van der Waals surface area contributed by atoms with Crippen LogP contribution in [0.1, 0.15) is 24.5 Å². The lowest BCUT2D eigenvalue weighted by Gasteiger charge is -2.33. The minimum Gasteiger partial charge on any atom is -0.479 e. The van der Waals surface area contributed by atoms with Crippen molar-refractivity contribution in [2.75, 3.05) is 11.4 Å². The van der Waals surface area contributed by atoms with Gasteiger partial charge < -0.3 is 14.5 Å². The number of fused-ring (bicyclic) bond motifs is 1. The van der Waals surface area contributed by atoms with Crippen LogP contribution in [-0.2, 0) is 22.7 Å². The van der Waals surface area contributed by atoms with E-state index in [1.807, 2.05) is 48.5 Å². The molecule has 1 aliphatic rings. The van der Waals surface area contributed by atoms with Gasteiger partial charge in [-0.15, -0.1) is 0 Å². The van der Waals surface area contributed by atoms with Crippen molar-refractivity contribution in [3.05, 3.63) is 84.4 Å². The number of hydrogen-bond donors (Lipinski definition) is 0. The lowest BCUT2D eigenvalue weighted by atomic mass is 10.1. The highest BCUT2D eigenvalue weighted by molar-refractivity contribution is 6.00. The van der Waals surface area contributed by atoms with E-state index >= 15 is 0 Å². The largest absolute Gasteiger partial charge is 0.479 e. The Morgan fingerprint density at radius 2 is 1.77 bits per heavy atom. The van der Waals surface area contributed by atoms with Crippen LogP contribution in [0.4, 0.5) is 5.69 Å². The Morgan fingerprint density at radius 3 is 2.55 bits per heavy atom. The van der Waals surface area contributed by atoms with Crippen molar-refractivity contribution in [2.24, 2.45) is 0 Å². The molecular formula is C24H24N4O3. The topological polar surface area (TPSA) is 75.6 Å². The number of pyridine rings is 2. The number of anilines is 1. The fourth-order valence-electron chi connectivity index (χ4n) is 3.61. The van der Waals surface area contributed by atoms with Crippen LogP contribution in [0.15, 0.2) is 73.3 Å². The molecule has 3 aromatic rings. The van der Waals surface area contributed by atoms with Crippen molar-refractivity contribution in [3.8, 4) is 5.75 Å². The predicted molar refractivity (Wildman–Crippen MR) is 116 cm³/mol. The van der Waals surface area contributed by atoms with Crippen LogP contribution in [0.25, 0.3) is 0 Å². The number of para-hydroxylation sites is 2. The molecule has 0 saturated heterocycles. The number of nitrogens with zero attached hydrogens (tertiary/aromatic N) is 4. The molecule has 7 heteroatoms. The van der Waals surface area contributed by atoms with Crippen molar-refractivity contribution in [2.45, 2.75) is 32.5 Å². The van der Waals surface area contributed by atoms with Crippen LogP contribution in [0, 0.1) is 0 Å². The molecule has 7 nitrogen and oxygen atoms in total. The van der Waals surface area contributed by atoms with Crippen LogP contribution in [0.3, 0.4) is 0 Å². The van der Waals surface area contributed by atoms with Crippen LogP contribution < -0.4 is 9.64 Å². The zero-order valence-corrected chi connectivity index (χ0v) is 17.3. The van der Waals surface area contributed by atoms with Crippen molar-refractivity contribution < 1.29 is 14.3 Å². The molecule has 0 radical (unpaired) electrons. The molecule has 31 heavy (non-hydrogen) atoms. The van der Waals surface area contributed by atoms with E-state index in [2.05, 4.69) is 9.97 Å². The summed E-state index contributed by atoms with van der Waals surface area (Å²) in [5, 5.41) is 0. The van der Waals surface area contributed by atoms with E-state index in [-0.39, 0.29) is 18.2 Å². The van der Waals surface area contributed by atoms with Crippen LogP contribution in [0.2, 0.25) is 0 Å². The van der Waals surface area contributed by atoms with Gasteiger partial charge in [0.15, 0.2) is 6.10 Å². The first-order chi connectivity index (χ1) is 15.1. The molecule has 0 aliphatic carbocycles. The fraction of sp³-hybridized carbons (Fsp3) is 0.250. The molecule has 1 atom stereocenters. The summed E-state index contributed by atoms with van der Waals surface area (Å²) in [5.74, 6) is 0.482. The van der Waals surface area contributed by atoms with E-state index < -0.39 is 6.10 Å². The number of amides is 2. The molecule has 1 aromatic carbocycles. The summed E-state index contributed by atoms with van der Waals surface area (Å²) in [6.45, 7) is 2.92. The molecular weight excluding hydrogens is 392 g/mol. The van der Waals surface area contributed by atoms with Gasteiger partial charge in [0.2, 0.25) is 5.91 Å². The minimum atomic E-state index is -0.576. The Labute approximate surface area is 181 Å². The highest BCUT2D eigenvalue weighted by Crippen LogP contribution is 2.33. The number of benzene rings is 1. The first-order valence-corrected chi connectivity index (χ1v) is 10.2. The second-order valence-corrected chi connectivity index (χ2v) is 7.43. The first-order valence-electron chi connectivity index (χ1n) is 10.2. The summed E-state index contributed by atoms with van der Waals surface area (Å²) in [4.78, 5) is 37.6. The van der Waals surface area contributed by atoms with Gasteiger partial charge in [-0.2, -0.15) is 0 Å². The summed E-state index contributed by atoms with van der Waals surface area (Å²) in [6.07, 6.45) is 6.53. The van der Waals surface area contributed by atoms with Crippen LogP contribution >= 0.6 is 0 Å². The number of aromatic nitrogens is 2. The lowest BCUT2D eigenvalue weighted by molar-refractivity contribution is -0.132. The van der Waals surface area contributed by atoms with Gasteiger partial charge in [-0.3, -0.25) is 19.6 Å². The minimum absolute atomic E-state index is 0.0370. The first kappa shape index (κ1) is 20.5. The number of carbonyl (C=O) groups is 2. The molecule has 158 valence electrons. The molecule has 4 rings (SSSR count). The van der Waals surface area contributed by atoms with E-state index in [9.17, 15) is 9.59 Å². The van der Waals surface area contributed by atoms with E-state index in [4.69, 9.17) is 4.74 Å². The quantitative estimate of drug-likeness (QED) is 0.591. The van der Waals surface area contributed by atoms with E-state index in [0.29, 0.717) is 31.1 Å². The molecule has 0 N–H and O–H groups in total. The summed E-state index contributed by atoms with van der Waals surface area (Å²) in [6, 6.07) is 15.0. The Balaban J connectivity index is 1.50.